The maximum absolute atomic E-state index is 12.1. The van der Waals surface area contributed by atoms with E-state index < -0.39 is 70.1 Å². The molecule has 0 atom stereocenters. The highest BCUT2D eigenvalue weighted by Crippen LogP contribution is 2.30. The molecule has 0 N–H and O–H groups in total. The van der Waals surface area contributed by atoms with Gasteiger partial charge in [0.15, 0.2) is 11.5 Å². The Bertz CT molecular complexity index is 4450. The van der Waals surface area contributed by atoms with Crippen molar-refractivity contribution in [1.29, 1.82) is 42.1 Å². The summed E-state index contributed by atoms with van der Waals surface area (Å²) < 4.78 is 89.8. The van der Waals surface area contributed by atoms with Crippen molar-refractivity contribution in [2.24, 2.45) is 0 Å². The zero-order valence-electron chi connectivity index (χ0n) is 54.1. The van der Waals surface area contributed by atoms with Gasteiger partial charge in [0.2, 0.25) is 0 Å². The van der Waals surface area contributed by atoms with Crippen LogP contribution < -0.4 is 18.9 Å². The number of rotatable bonds is 12. The summed E-state index contributed by atoms with van der Waals surface area (Å²) in [5.74, 6) is -3.49. The standard InChI is InChI=1S/C11H11NO.C10H9NO3.C9H4F3NO2.C9H4F3NO.C9H7NO2.2C9H7NO.C8H5NO/c1-7-4-10(11(13)6-12)5-8(2)9(7)3;1-13-9-4-3-7(8(12)6-11)5-10(9)14-2;10-9(11,12)15-7-3-1-6(2-4-7)8(14)5-13;10-9(11,12)7-3-1-6(2-4-7)8(14)5-13;1-12-8-4-2-7(3-5-8)9(11)6-10;2*1-7-2-4-8(5-3-7)9(11)6-10;9-6-8(10)7-4-2-1-3-5-7/h4-5H,1-3H3;3-5H,1-2H3;1-4H;1-4H;2-5H,1H3;2*2-5H,1H3;1-5H. The van der Waals surface area contributed by atoms with Gasteiger partial charge >= 0.3 is 12.5 Å². The van der Waals surface area contributed by atoms with Gasteiger partial charge in [0.25, 0.3) is 46.3 Å². The minimum atomic E-state index is -4.76. The van der Waals surface area contributed by atoms with Crippen molar-refractivity contribution in [3.8, 4) is 71.6 Å². The number of ether oxygens (including phenoxy) is 4. The van der Waals surface area contributed by atoms with Gasteiger partial charge in [-0.25, -0.2) is 0 Å². The summed E-state index contributed by atoms with van der Waals surface area (Å²) in [6, 6.07) is 56.5. The molecule has 0 spiro atoms. The Morgan fingerprint density at radius 2 is 0.590 bits per heavy atom. The molecule has 0 heterocycles. The van der Waals surface area contributed by atoms with Gasteiger partial charge in [0.1, 0.15) is 60.1 Å². The molecule has 0 aliphatic carbocycles. The van der Waals surface area contributed by atoms with Gasteiger partial charge in [-0.05, 0) is 154 Å². The van der Waals surface area contributed by atoms with Crippen LogP contribution in [0, 0.1) is 125 Å². The molecule has 0 bridgehead atoms. The largest absolute Gasteiger partial charge is 0.573 e. The summed E-state index contributed by atoms with van der Waals surface area (Å²) in [6.07, 6.45) is -9.19. The first-order chi connectivity index (χ1) is 47.2. The molecule has 0 aliphatic rings. The van der Waals surface area contributed by atoms with E-state index in [2.05, 4.69) is 4.74 Å². The van der Waals surface area contributed by atoms with Crippen LogP contribution in [0.5, 0.6) is 23.0 Å². The van der Waals surface area contributed by atoms with Gasteiger partial charge in [-0.1, -0.05) is 90.0 Å². The molecule has 0 fully saturated rings. The van der Waals surface area contributed by atoms with E-state index in [0.717, 1.165) is 70.8 Å². The third kappa shape index (κ3) is 30.3. The number of alkyl halides is 6. The van der Waals surface area contributed by atoms with Crippen molar-refractivity contribution >= 4 is 46.3 Å². The van der Waals surface area contributed by atoms with Gasteiger partial charge in [0.05, 0.1) is 26.9 Å². The van der Waals surface area contributed by atoms with Crippen molar-refractivity contribution in [2.75, 3.05) is 21.3 Å². The fourth-order valence-corrected chi connectivity index (χ4v) is 7.02. The number of Topliss-reactive ketones (excluding diaryl/α,β-unsaturated/α-hetero) is 8. The van der Waals surface area contributed by atoms with Gasteiger partial charge in [0, 0.05) is 44.5 Å². The van der Waals surface area contributed by atoms with E-state index in [1.165, 1.54) is 56.2 Å². The Kier molecular flexibility index (Phi) is 36.0. The molecule has 8 aromatic rings. The molecule has 8 rings (SSSR count). The average Bonchev–Trinajstić information content (AvgIpc) is 0.865. The summed E-state index contributed by atoms with van der Waals surface area (Å²) >= 11 is 0. The fraction of sp³-hybridized carbons (Fsp3) is 0.135. The molecule has 0 aromatic heterocycles. The van der Waals surface area contributed by atoms with Crippen molar-refractivity contribution < 1.29 is 83.6 Å². The number of nitrogens with zero attached hydrogens (tertiary/aromatic N) is 8. The van der Waals surface area contributed by atoms with E-state index in [1.54, 1.807) is 128 Å². The van der Waals surface area contributed by atoms with Crippen molar-refractivity contribution in [3.05, 3.63) is 260 Å². The summed E-state index contributed by atoms with van der Waals surface area (Å²) in [5.41, 5.74) is 7.12. The minimum absolute atomic E-state index is 0.0204. The molecule has 26 heteroatoms. The number of carbonyl (C=O) groups excluding carboxylic acids is 8. The van der Waals surface area contributed by atoms with Crippen molar-refractivity contribution in [3.63, 3.8) is 0 Å². The molecule has 0 saturated heterocycles. The van der Waals surface area contributed by atoms with Gasteiger partial charge in [-0.2, -0.15) is 55.3 Å². The van der Waals surface area contributed by atoms with E-state index in [9.17, 15) is 64.7 Å². The van der Waals surface area contributed by atoms with Gasteiger partial charge in [-0.15, -0.1) is 13.2 Å². The highest BCUT2D eigenvalue weighted by Gasteiger charge is 2.31. The van der Waals surface area contributed by atoms with Crippen molar-refractivity contribution in [2.45, 2.75) is 47.2 Å². The Morgan fingerprint density at radius 3 is 0.890 bits per heavy atom. The topological polar surface area (TPSA) is 364 Å². The molecule has 0 radical (unpaired) electrons. The molecule has 0 saturated carbocycles. The van der Waals surface area contributed by atoms with Gasteiger partial charge in [-0.3, -0.25) is 38.4 Å². The molecule has 0 amide bonds. The second-order valence-electron chi connectivity index (χ2n) is 19.3. The Morgan fingerprint density at radius 1 is 0.310 bits per heavy atom. The number of ketones is 8. The number of nitriles is 8. The molecular formula is C74H54F6N8O12. The SMILES string of the molecule is COc1ccc(C(=O)C#N)cc1.COc1ccc(C(=O)C#N)cc1OC.Cc1cc(C(=O)C#N)cc(C)c1C.Cc1ccc(C(=O)C#N)cc1.Cc1ccc(C(=O)C#N)cc1.N#CC(=O)c1ccc(C(F)(F)F)cc1.N#CC(=O)c1ccc(OC(F)(F)F)cc1.N#CC(=O)c1ccccc1. The van der Waals surface area contributed by atoms with Crippen LogP contribution >= 0.6 is 0 Å². The first-order valence-electron chi connectivity index (χ1n) is 28.0. The number of benzene rings is 8. The van der Waals surface area contributed by atoms with Crippen LogP contribution in [0.1, 0.15) is 116 Å². The number of halogens is 6. The highest BCUT2D eigenvalue weighted by molar-refractivity contribution is 6.11. The molecule has 504 valence electrons. The average molecular weight is 1360 g/mol. The fourth-order valence-electron chi connectivity index (χ4n) is 7.02. The lowest BCUT2D eigenvalue weighted by atomic mass is 9.99. The van der Waals surface area contributed by atoms with E-state index in [4.69, 9.17) is 56.3 Å². The van der Waals surface area contributed by atoms with Crippen LogP contribution in [0.4, 0.5) is 26.3 Å². The molecule has 100 heavy (non-hydrogen) atoms. The zero-order chi connectivity index (χ0) is 75.7. The van der Waals surface area contributed by atoms with E-state index in [1.807, 2.05) is 58.9 Å². The maximum Gasteiger partial charge on any atom is 0.573 e. The van der Waals surface area contributed by atoms with Crippen LogP contribution in [0.15, 0.2) is 182 Å². The first kappa shape index (κ1) is 83.8. The number of hydrogen-bond acceptors (Lipinski definition) is 20. The highest BCUT2D eigenvalue weighted by atomic mass is 19.4. The molecule has 8 aromatic carbocycles. The summed E-state index contributed by atoms with van der Waals surface area (Å²) in [5, 5.41) is 66.3. The quantitative estimate of drug-likeness (QED) is 0.0623. The normalized spacial score (nSPS) is 9.34. The monoisotopic (exact) mass is 1360 g/mol. The maximum atomic E-state index is 12.1. The summed E-state index contributed by atoms with van der Waals surface area (Å²) in [4.78, 5) is 86.6. The van der Waals surface area contributed by atoms with E-state index in [-0.39, 0.29) is 11.1 Å². The molecule has 20 nitrogen and oxygen atoms in total. The lowest BCUT2D eigenvalue weighted by molar-refractivity contribution is -0.274. The Balaban J connectivity index is 0.000000573. The Labute approximate surface area is 569 Å². The van der Waals surface area contributed by atoms with Crippen molar-refractivity contribution in [1.82, 2.24) is 0 Å². The van der Waals surface area contributed by atoms with Crippen LogP contribution in [0.3, 0.4) is 0 Å². The van der Waals surface area contributed by atoms with Crippen LogP contribution in [-0.4, -0.2) is 74.0 Å². The minimum Gasteiger partial charge on any atom is -0.497 e. The zero-order valence-corrected chi connectivity index (χ0v) is 54.1. The third-order valence-electron chi connectivity index (χ3n) is 12.5. The number of carbonyl (C=O) groups is 8. The number of hydrogen-bond donors (Lipinski definition) is 0. The number of methoxy groups -OCH3 is 3. The lowest BCUT2D eigenvalue weighted by Gasteiger charge is -2.08. The predicted molar refractivity (Wildman–Crippen MR) is 346 cm³/mol. The van der Waals surface area contributed by atoms with E-state index >= 15 is 0 Å². The smallest absolute Gasteiger partial charge is 0.497 e. The molecule has 0 unspecified atom stereocenters. The van der Waals surface area contributed by atoms with Crippen LogP contribution in [-0.2, 0) is 6.18 Å². The first-order valence-corrected chi connectivity index (χ1v) is 28.0. The lowest BCUT2D eigenvalue weighted by Crippen LogP contribution is -2.17. The summed E-state index contributed by atoms with van der Waals surface area (Å²) in [7, 11) is 4.52. The van der Waals surface area contributed by atoms with Gasteiger partial charge < -0.3 is 18.9 Å². The predicted octanol–water partition coefficient (Wildman–Crippen LogP) is 14.6. The molecule has 0 aliphatic heterocycles. The second-order valence-corrected chi connectivity index (χ2v) is 19.3. The van der Waals surface area contributed by atoms with Crippen LogP contribution in [0.25, 0.3) is 0 Å². The van der Waals surface area contributed by atoms with E-state index in [0.29, 0.717) is 50.6 Å². The Hall–Kier alpha value is -14.2. The third-order valence-corrected chi connectivity index (χ3v) is 12.5. The van der Waals surface area contributed by atoms with Crippen LogP contribution in [0.2, 0.25) is 0 Å². The molecular weight excluding hydrogens is 1310 g/mol. The number of aryl methyl sites for hydroxylation is 4. The summed E-state index contributed by atoms with van der Waals surface area (Å²) in [6.45, 7) is 9.75. The second kappa shape index (κ2) is 42.9.